The summed E-state index contributed by atoms with van der Waals surface area (Å²) in [7, 11) is 0. The molecule has 0 fully saturated rings. The molecule has 1 aliphatic rings. The maximum Gasteiger partial charge on any atom is -0.147 e. The fourth-order valence-electron chi connectivity index (χ4n) is 9.81. The number of allylic oxidation sites excluding steroid dienone is 1. The van der Waals surface area contributed by atoms with Crippen LogP contribution in [0.4, 0.5) is 0 Å². The maximum absolute atomic E-state index is 3.49. The van der Waals surface area contributed by atoms with E-state index in [1.165, 1.54) is 59.0 Å². The predicted molar refractivity (Wildman–Crippen MR) is 251 cm³/mol. The van der Waals surface area contributed by atoms with Gasteiger partial charge < -0.3 is 0 Å². The first kappa shape index (κ1) is 38.5. The Morgan fingerprint density at radius 3 is 1.04 bits per heavy atom. The zero-order valence-electron chi connectivity index (χ0n) is 31.2. The Morgan fingerprint density at radius 1 is 0.345 bits per heavy atom. The summed E-state index contributed by atoms with van der Waals surface area (Å²) in [6.45, 7) is -1.64. The minimum absolute atomic E-state index is 0. The van der Waals surface area contributed by atoms with E-state index in [0.717, 1.165) is 0 Å². The van der Waals surface area contributed by atoms with Crippen molar-refractivity contribution in [2.75, 3.05) is 13.3 Å². The van der Waals surface area contributed by atoms with Gasteiger partial charge in [-0.1, -0.05) is 0 Å². The van der Waals surface area contributed by atoms with Crippen LogP contribution in [0.25, 0.3) is 16.1 Å². The van der Waals surface area contributed by atoms with Crippen LogP contribution in [0.5, 0.6) is 0 Å². The standard InChI is InChI=1S/C51H44P2.2ClH/c1-52(41-25-9-3-10-26-41,42-27-11-4-12-28-42,43-29-13-5-14-30-43)49-39-50(48-38-22-24-40-23-21-37-47(49)51(40)48)53(2,44-31-15-6-16-32-44,45-33-17-7-18-34-45)46-35-19-8-20-36-46;;/h3-39,49H,1-2H3;2*1H. The molecule has 0 heterocycles. The zero-order valence-corrected chi connectivity index (χ0v) is 34.6. The van der Waals surface area contributed by atoms with Crippen LogP contribution in [0, 0.1) is 0 Å². The van der Waals surface area contributed by atoms with Crippen molar-refractivity contribution in [1.82, 2.24) is 0 Å². The number of hydrogen-bond donors (Lipinski definition) is 0. The average molecular weight is 792 g/mol. The van der Waals surface area contributed by atoms with Crippen LogP contribution in [0.1, 0.15) is 16.8 Å². The van der Waals surface area contributed by atoms with Crippen LogP contribution in [0.2, 0.25) is 0 Å². The topological polar surface area (TPSA) is 0 Å². The fourth-order valence-corrected chi connectivity index (χ4v) is 21.8. The van der Waals surface area contributed by atoms with E-state index >= 15 is 0 Å². The third-order valence-corrected chi connectivity index (χ3v) is 25.7. The molecular formula is C51H46Cl2P2. The molecule has 0 radical (unpaired) electrons. The van der Waals surface area contributed by atoms with Gasteiger partial charge in [0.1, 0.15) is 0 Å². The Morgan fingerprint density at radius 2 is 0.673 bits per heavy atom. The molecule has 1 atom stereocenters. The first-order valence-corrected chi connectivity index (χ1v) is 24.0. The van der Waals surface area contributed by atoms with E-state index in [1.54, 1.807) is 0 Å². The van der Waals surface area contributed by atoms with Crippen molar-refractivity contribution < 1.29 is 0 Å². The van der Waals surface area contributed by atoms with Crippen LogP contribution in [-0.2, 0) is 0 Å². The van der Waals surface area contributed by atoms with Crippen molar-refractivity contribution >= 4 is 85.9 Å². The second kappa shape index (κ2) is 14.7. The molecule has 0 amide bonds. The molecule has 9 rings (SSSR count). The summed E-state index contributed by atoms with van der Waals surface area (Å²) in [4.78, 5) is 0. The molecule has 0 nitrogen and oxygen atoms in total. The monoisotopic (exact) mass is 790 g/mol. The molecule has 0 saturated heterocycles. The second-order valence-corrected chi connectivity index (χ2v) is 25.5. The molecule has 0 spiro atoms. The second-order valence-electron chi connectivity index (χ2n) is 15.0. The summed E-state index contributed by atoms with van der Waals surface area (Å²) in [5, 5.41) is 12.4. The Hall–Kier alpha value is -4.80. The van der Waals surface area contributed by atoms with Crippen molar-refractivity contribution in [3.8, 4) is 0 Å². The molecule has 0 bridgehead atoms. The van der Waals surface area contributed by atoms with Gasteiger partial charge in [-0.25, -0.2) is 0 Å². The van der Waals surface area contributed by atoms with Crippen LogP contribution in [-0.4, -0.2) is 13.3 Å². The first-order valence-electron chi connectivity index (χ1n) is 18.6. The quantitative estimate of drug-likeness (QED) is 0.135. The molecule has 55 heavy (non-hydrogen) atoms. The van der Waals surface area contributed by atoms with Gasteiger partial charge in [0.2, 0.25) is 0 Å². The van der Waals surface area contributed by atoms with Crippen molar-refractivity contribution in [3.05, 3.63) is 236 Å². The van der Waals surface area contributed by atoms with E-state index in [1.807, 2.05) is 0 Å². The number of benzene rings is 8. The van der Waals surface area contributed by atoms with E-state index < -0.39 is 13.2 Å². The predicted octanol–water partition coefficient (Wildman–Crippen LogP) is 11.4. The van der Waals surface area contributed by atoms with Crippen LogP contribution >= 0.6 is 38.0 Å². The van der Waals surface area contributed by atoms with E-state index in [-0.39, 0.29) is 30.5 Å². The van der Waals surface area contributed by atoms with Crippen molar-refractivity contribution in [2.24, 2.45) is 0 Å². The summed E-state index contributed by atoms with van der Waals surface area (Å²) >= 11 is 0. The zero-order chi connectivity index (χ0) is 36.0. The summed E-state index contributed by atoms with van der Waals surface area (Å²) in [6.07, 6.45) is 2.78. The molecule has 4 heteroatoms. The molecule has 0 aromatic heterocycles. The van der Waals surface area contributed by atoms with Gasteiger partial charge in [-0.15, -0.1) is 24.8 Å². The largest absolute Gasteiger partial charge is 0.147 e. The van der Waals surface area contributed by atoms with Gasteiger partial charge in [0.15, 0.2) is 0 Å². The Kier molecular flexibility index (Phi) is 10.3. The molecule has 8 aromatic rings. The van der Waals surface area contributed by atoms with Crippen LogP contribution in [0.3, 0.4) is 0 Å². The number of rotatable bonds is 8. The van der Waals surface area contributed by atoms with Gasteiger partial charge in [-0.3, -0.25) is 0 Å². The smallest absolute Gasteiger partial charge is 0.147 e. The first-order chi connectivity index (χ1) is 26.0. The summed E-state index contributed by atoms with van der Waals surface area (Å²) in [6, 6.07) is 82.7. The fraction of sp³-hybridized carbons (Fsp3) is 0.0588. The van der Waals surface area contributed by atoms with Gasteiger partial charge in [-0.05, 0) is 0 Å². The molecule has 8 aromatic carbocycles. The molecule has 0 aliphatic heterocycles. The van der Waals surface area contributed by atoms with E-state index in [4.69, 9.17) is 0 Å². The summed E-state index contributed by atoms with van der Waals surface area (Å²) in [5.74, 6) is 0. The van der Waals surface area contributed by atoms with Crippen molar-refractivity contribution in [3.63, 3.8) is 0 Å². The van der Waals surface area contributed by atoms with Gasteiger partial charge in [0.25, 0.3) is 0 Å². The summed E-state index contributed by atoms with van der Waals surface area (Å²) < 4.78 is 0. The van der Waals surface area contributed by atoms with Crippen LogP contribution in [0.15, 0.2) is 224 Å². The van der Waals surface area contributed by atoms with Crippen molar-refractivity contribution in [2.45, 2.75) is 5.66 Å². The van der Waals surface area contributed by atoms with Gasteiger partial charge in [-0.2, -0.15) is 0 Å². The normalized spacial score (nSPS) is 15.2. The minimum atomic E-state index is -3.49. The number of halogens is 2. The molecule has 1 unspecified atom stereocenters. The molecule has 0 saturated carbocycles. The van der Waals surface area contributed by atoms with Crippen LogP contribution < -0.4 is 31.8 Å². The van der Waals surface area contributed by atoms with Crippen molar-refractivity contribution in [1.29, 1.82) is 0 Å². The van der Waals surface area contributed by atoms with E-state index in [2.05, 4.69) is 238 Å². The number of hydrogen-bond acceptors (Lipinski definition) is 0. The Labute approximate surface area is 338 Å². The third kappa shape index (κ3) is 5.35. The van der Waals surface area contributed by atoms with Gasteiger partial charge in [0.05, 0.1) is 0 Å². The average Bonchev–Trinajstić information content (AvgIpc) is 3.25. The molecule has 274 valence electrons. The maximum atomic E-state index is 2.78. The molecular weight excluding hydrogens is 745 g/mol. The Balaban J connectivity index is 0.00000233. The minimum Gasteiger partial charge on any atom is -0.147 e. The third-order valence-electron chi connectivity index (χ3n) is 12.6. The van der Waals surface area contributed by atoms with Gasteiger partial charge >= 0.3 is 316 Å². The Bertz CT molecular complexity index is 2390. The summed E-state index contributed by atoms with van der Waals surface area (Å²) in [5.41, 5.74) is 2.77. The molecule has 0 N–H and O–H groups in total. The SMILES string of the molecule is CP(C1=CC(P(C)(c2ccccc2)(c2ccccc2)c2ccccc2)c2cccc3cccc1c23)(c1ccccc1)(c1ccccc1)c1ccccc1.Cl.Cl. The van der Waals surface area contributed by atoms with E-state index in [9.17, 15) is 0 Å². The van der Waals surface area contributed by atoms with Gasteiger partial charge in [0, 0.05) is 0 Å². The molecule has 1 aliphatic carbocycles. The van der Waals surface area contributed by atoms with E-state index in [0.29, 0.717) is 0 Å².